The van der Waals surface area contributed by atoms with Crippen molar-refractivity contribution < 1.29 is 9.59 Å². The first-order valence-corrected chi connectivity index (χ1v) is 12.4. The Kier molecular flexibility index (Phi) is 5.07. The molecule has 9 nitrogen and oxygen atoms in total. The third-order valence-corrected chi connectivity index (χ3v) is 8.04. The van der Waals surface area contributed by atoms with E-state index >= 15 is 0 Å². The van der Waals surface area contributed by atoms with Gasteiger partial charge >= 0.3 is 0 Å². The molecule has 0 radical (unpaired) electrons. The lowest BCUT2D eigenvalue weighted by Crippen LogP contribution is -2.47. The lowest BCUT2D eigenvalue weighted by Gasteiger charge is -2.45. The molecular weight excluding hydrogens is 456 g/mol. The topological polar surface area (TPSA) is 114 Å². The second-order valence-corrected chi connectivity index (χ2v) is 11.0. The number of piperidine rings is 1. The largest absolute Gasteiger partial charge is 0.358 e. The van der Waals surface area contributed by atoms with Gasteiger partial charge in [-0.05, 0) is 30.5 Å². The molecule has 3 aliphatic rings. The van der Waals surface area contributed by atoms with E-state index in [1.807, 2.05) is 18.2 Å². The number of anilines is 2. The van der Waals surface area contributed by atoms with Crippen LogP contribution in [0, 0.1) is 0 Å². The number of hydrogen-bond acceptors (Lipinski definition) is 5. The van der Waals surface area contributed by atoms with Crippen LogP contribution in [0.3, 0.4) is 0 Å². The molecule has 9 heteroatoms. The van der Waals surface area contributed by atoms with Crippen LogP contribution >= 0.6 is 0 Å². The van der Waals surface area contributed by atoms with Crippen molar-refractivity contribution in [3.05, 3.63) is 75.3 Å². The second kappa shape index (κ2) is 8.08. The molecular formula is C27H30N6O3. The SMILES string of the molecule is CC1(C)CN(C(=O)c2cc(N3CCC4(CC3)CC(=O)Nc3ccccc34)[nH]c(=O)c2)Cc2cn[nH]c21. The van der Waals surface area contributed by atoms with E-state index in [0.29, 0.717) is 44.0 Å². The maximum atomic E-state index is 13.5. The smallest absolute Gasteiger partial charge is 0.254 e. The quantitative estimate of drug-likeness (QED) is 0.515. The van der Waals surface area contributed by atoms with Gasteiger partial charge in [0.25, 0.3) is 5.91 Å². The molecule has 2 amide bonds. The van der Waals surface area contributed by atoms with Gasteiger partial charge in [-0.15, -0.1) is 0 Å². The molecule has 1 spiro atoms. The maximum absolute atomic E-state index is 13.5. The van der Waals surface area contributed by atoms with E-state index < -0.39 is 0 Å². The summed E-state index contributed by atoms with van der Waals surface area (Å²) in [6.45, 7) is 6.54. The van der Waals surface area contributed by atoms with Crippen LogP contribution in [-0.2, 0) is 22.2 Å². The number of H-pyrrole nitrogens is 2. The average Bonchev–Trinajstić information content (AvgIpc) is 3.33. The fourth-order valence-electron chi connectivity index (χ4n) is 6.26. The van der Waals surface area contributed by atoms with E-state index in [4.69, 9.17) is 0 Å². The molecule has 1 aromatic carbocycles. The minimum atomic E-state index is -0.293. The number of hydrogen-bond donors (Lipinski definition) is 3. The lowest BCUT2D eigenvalue weighted by molar-refractivity contribution is -0.118. The molecule has 1 fully saturated rings. The summed E-state index contributed by atoms with van der Waals surface area (Å²) in [5.74, 6) is 0.538. The minimum Gasteiger partial charge on any atom is -0.358 e. The summed E-state index contributed by atoms with van der Waals surface area (Å²) in [4.78, 5) is 45.4. The fraction of sp³-hybridized carbons (Fsp3) is 0.407. The highest BCUT2D eigenvalue weighted by molar-refractivity contribution is 5.96. The Hall–Kier alpha value is -3.88. The first-order chi connectivity index (χ1) is 17.2. The van der Waals surface area contributed by atoms with Crippen molar-refractivity contribution in [3.8, 4) is 0 Å². The molecule has 0 unspecified atom stereocenters. The lowest BCUT2D eigenvalue weighted by atomic mass is 9.68. The van der Waals surface area contributed by atoms with E-state index in [1.165, 1.54) is 11.6 Å². The summed E-state index contributed by atoms with van der Waals surface area (Å²) in [6.07, 6.45) is 3.82. The molecule has 1 saturated heterocycles. The molecule has 5 heterocycles. The van der Waals surface area contributed by atoms with E-state index in [2.05, 4.69) is 45.3 Å². The van der Waals surface area contributed by atoms with Crippen LogP contribution in [0.25, 0.3) is 0 Å². The number of rotatable bonds is 2. The number of carbonyl (C=O) groups excluding carboxylic acids is 2. The van der Waals surface area contributed by atoms with Gasteiger partial charge in [0.05, 0.1) is 6.20 Å². The molecule has 3 N–H and O–H groups in total. The van der Waals surface area contributed by atoms with Crippen LogP contribution in [0.1, 0.15) is 60.3 Å². The van der Waals surface area contributed by atoms with E-state index in [0.717, 1.165) is 29.8 Å². The Morgan fingerprint density at radius 1 is 1.08 bits per heavy atom. The zero-order valence-corrected chi connectivity index (χ0v) is 20.6. The minimum absolute atomic E-state index is 0.0494. The van der Waals surface area contributed by atoms with Gasteiger partial charge in [0, 0.05) is 72.0 Å². The van der Waals surface area contributed by atoms with Crippen molar-refractivity contribution in [2.24, 2.45) is 0 Å². The molecule has 0 aliphatic carbocycles. The van der Waals surface area contributed by atoms with Crippen LogP contribution in [0.2, 0.25) is 0 Å². The summed E-state index contributed by atoms with van der Waals surface area (Å²) in [5, 5.41) is 10.2. The Labute approximate surface area is 208 Å². The van der Waals surface area contributed by atoms with Gasteiger partial charge in [0.1, 0.15) is 5.82 Å². The normalized spacial score (nSPS) is 20.0. The standard InChI is InChI=1S/C27H30N6O3/c1-26(2)16-33(15-18-14-28-31-24(18)26)25(36)17-11-21(30-22(34)12-17)32-9-7-27(8-10-32)13-23(35)29-20-6-4-3-5-19(20)27/h3-6,11-12,14H,7-10,13,15-16H2,1-2H3,(H,28,31)(H,29,35)(H,30,34). The van der Waals surface area contributed by atoms with Crippen LogP contribution in [0.4, 0.5) is 11.5 Å². The molecule has 0 atom stereocenters. The molecule has 186 valence electrons. The zero-order chi connectivity index (χ0) is 25.1. The van der Waals surface area contributed by atoms with Crippen LogP contribution in [0.5, 0.6) is 0 Å². The van der Waals surface area contributed by atoms with Crippen LogP contribution < -0.4 is 15.8 Å². The predicted molar refractivity (Wildman–Crippen MR) is 136 cm³/mol. The predicted octanol–water partition coefficient (Wildman–Crippen LogP) is 2.91. The van der Waals surface area contributed by atoms with E-state index in [-0.39, 0.29) is 28.2 Å². The number of fused-ring (bicyclic) bond motifs is 3. The first kappa shape index (κ1) is 22.6. The van der Waals surface area contributed by atoms with Crippen molar-refractivity contribution in [2.75, 3.05) is 29.9 Å². The Balaban J connectivity index is 1.23. The summed E-state index contributed by atoms with van der Waals surface area (Å²) in [7, 11) is 0. The third kappa shape index (κ3) is 3.70. The Bertz CT molecular complexity index is 1410. The van der Waals surface area contributed by atoms with Gasteiger partial charge in [-0.3, -0.25) is 19.5 Å². The van der Waals surface area contributed by atoms with Gasteiger partial charge in [0.15, 0.2) is 0 Å². The van der Waals surface area contributed by atoms with Crippen molar-refractivity contribution in [2.45, 2.75) is 50.5 Å². The average molecular weight is 487 g/mol. The number of nitrogens with one attached hydrogen (secondary N) is 3. The molecule has 0 bridgehead atoms. The van der Waals surface area contributed by atoms with Gasteiger partial charge in [0.2, 0.25) is 11.5 Å². The Morgan fingerprint density at radius 2 is 1.86 bits per heavy atom. The number of carbonyl (C=O) groups is 2. The number of amides is 2. The molecule has 6 rings (SSSR count). The van der Waals surface area contributed by atoms with E-state index in [1.54, 1.807) is 17.2 Å². The first-order valence-electron chi connectivity index (χ1n) is 12.4. The number of nitrogens with zero attached hydrogens (tertiary/aromatic N) is 3. The fourth-order valence-corrected chi connectivity index (χ4v) is 6.26. The van der Waals surface area contributed by atoms with E-state index in [9.17, 15) is 14.4 Å². The van der Waals surface area contributed by atoms with Gasteiger partial charge in [-0.2, -0.15) is 5.10 Å². The van der Waals surface area contributed by atoms with Crippen molar-refractivity contribution in [3.63, 3.8) is 0 Å². The third-order valence-electron chi connectivity index (χ3n) is 8.04. The number of para-hydroxylation sites is 1. The zero-order valence-electron chi connectivity index (χ0n) is 20.6. The van der Waals surface area contributed by atoms with Crippen molar-refractivity contribution in [1.29, 1.82) is 0 Å². The van der Waals surface area contributed by atoms with Crippen LogP contribution in [0.15, 0.2) is 47.4 Å². The second-order valence-electron chi connectivity index (χ2n) is 11.0. The number of aromatic amines is 2. The van der Waals surface area contributed by atoms with Gasteiger partial charge in [-0.1, -0.05) is 32.0 Å². The molecule has 0 saturated carbocycles. The molecule has 2 aromatic heterocycles. The summed E-state index contributed by atoms with van der Waals surface area (Å²) in [6, 6.07) is 11.2. The highest BCUT2D eigenvalue weighted by Crippen LogP contribution is 2.45. The maximum Gasteiger partial charge on any atom is 0.254 e. The van der Waals surface area contributed by atoms with Gasteiger partial charge in [-0.25, -0.2) is 0 Å². The number of benzene rings is 1. The Morgan fingerprint density at radius 3 is 2.67 bits per heavy atom. The van der Waals surface area contributed by atoms with Crippen molar-refractivity contribution >= 4 is 23.3 Å². The number of pyridine rings is 1. The van der Waals surface area contributed by atoms with Crippen LogP contribution in [-0.4, -0.2) is 51.5 Å². The molecule has 3 aromatic rings. The van der Waals surface area contributed by atoms with Crippen molar-refractivity contribution in [1.82, 2.24) is 20.1 Å². The summed E-state index contributed by atoms with van der Waals surface area (Å²) in [5.41, 5.74) is 3.78. The summed E-state index contributed by atoms with van der Waals surface area (Å²) >= 11 is 0. The molecule has 3 aliphatic heterocycles. The monoisotopic (exact) mass is 486 g/mol. The highest BCUT2D eigenvalue weighted by atomic mass is 16.2. The van der Waals surface area contributed by atoms with Gasteiger partial charge < -0.3 is 20.1 Å². The molecule has 36 heavy (non-hydrogen) atoms. The highest BCUT2D eigenvalue weighted by Gasteiger charge is 2.42. The number of aromatic nitrogens is 3. The summed E-state index contributed by atoms with van der Waals surface area (Å²) < 4.78 is 0.